The van der Waals surface area contributed by atoms with Crippen LogP contribution < -0.4 is 5.73 Å². The van der Waals surface area contributed by atoms with Crippen LogP contribution >= 0.6 is 11.6 Å². The third-order valence-electron chi connectivity index (χ3n) is 4.05. The van der Waals surface area contributed by atoms with Gasteiger partial charge in [-0.15, -0.1) is 0 Å². The van der Waals surface area contributed by atoms with Gasteiger partial charge in [-0.2, -0.15) is 0 Å². The first kappa shape index (κ1) is 12.9. The highest BCUT2D eigenvalue weighted by atomic mass is 35.5. The van der Waals surface area contributed by atoms with E-state index in [4.69, 9.17) is 17.3 Å². The van der Waals surface area contributed by atoms with Crippen LogP contribution in [0.2, 0.25) is 5.02 Å². The molecule has 1 fully saturated rings. The molecule has 0 aliphatic carbocycles. The Kier molecular flexibility index (Phi) is 3.25. The molecule has 2 heterocycles. The number of fused-ring (bicyclic) bond motifs is 1. The van der Waals surface area contributed by atoms with Gasteiger partial charge in [0.15, 0.2) is 0 Å². The van der Waals surface area contributed by atoms with Crippen molar-refractivity contribution in [2.75, 3.05) is 13.1 Å². The molecule has 0 radical (unpaired) electrons. The number of halogens is 1. The molecule has 5 heteroatoms. The third-order valence-corrected chi connectivity index (χ3v) is 4.28. The SMILES string of the molecule is CC1CN(Cc2nc3cc(Cl)ccc3n2C)CC1N. The maximum Gasteiger partial charge on any atom is 0.123 e. The van der Waals surface area contributed by atoms with Crippen LogP contribution in [-0.2, 0) is 13.6 Å². The van der Waals surface area contributed by atoms with Crippen molar-refractivity contribution in [3.05, 3.63) is 29.0 Å². The maximum atomic E-state index is 6.07. The van der Waals surface area contributed by atoms with E-state index in [0.29, 0.717) is 5.92 Å². The lowest BCUT2D eigenvalue weighted by molar-refractivity contribution is 0.307. The fraction of sp³-hybridized carbons (Fsp3) is 0.500. The minimum Gasteiger partial charge on any atom is -0.330 e. The Labute approximate surface area is 118 Å². The average molecular weight is 279 g/mol. The van der Waals surface area contributed by atoms with Crippen molar-refractivity contribution in [2.45, 2.75) is 19.5 Å². The fourth-order valence-electron chi connectivity index (χ4n) is 2.79. The summed E-state index contributed by atoms with van der Waals surface area (Å²) in [6.07, 6.45) is 0. The van der Waals surface area contributed by atoms with E-state index < -0.39 is 0 Å². The molecular formula is C14H19ClN4. The number of likely N-dealkylation sites (tertiary alicyclic amines) is 1. The molecule has 2 atom stereocenters. The highest BCUT2D eigenvalue weighted by molar-refractivity contribution is 6.31. The van der Waals surface area contributed by atoms with Crippen LogP contribution in [-0.4, -0.2) is 33.6 Å². The monoisotopic (exact) mass is 278 g/mol. The standard InChI is InChI=1S/C14H19ClN4/c1-9-6-19(7-11(9)16)8-14-17-12-5-10(15)3-4-13(12)18(14)2/h3-5,9,11H,6-8,16H2,1-2H3. The molecule has 102 valence electrons. The van der Waals surface area contributed by atoms with Gasteiger partial charge in [0.25, 0.3) is 0 Å². The zero-order valence-electron chi connectivity index (χ0n) is 11.3. The lowest BCUT2D eigenvalue weighted by Gasteiger charge is -2.14. The number of rotatable bonds is 2. The topological polar surface area (TPSA) is 47.1 Å². The van der Waals surface area contributed by atoms with Gasteiger partial charge in [-0.1, -0.05) is 18.5 Å². The highest BCUT2D eigenvalue weighted by Gasteiger charge is 2.27. The summed E-state index contributed by atoms with van der Waals surface area (Å²) in [5.74, 6) is 1.63. The summed E-state index contributed by atoms with van der Waals surface area (Å²) in [6.45, 7) is 5.05. The summed E-state index contributed by atoms with van der Waals surface area (Å²) >= 11 is 6.01. The van der Waals surface area contributed by atoms with Gasteiger partial charge in [0.05, 0.1) is 17.6 Å². The van der Waals surface area contributed by atoms with Gasteiger partial charge in [0, 0.05) is 31.2 Å². The molecule has 2 N–H and O–H groups in total. The van der Waals surface area contributed by atoms with E-state index >= 15 is 0 Å². The first-order valence-corrected chi connectivity index (χ1v) is 7.01. The summed E-state index contributed by atoms with van der Waals surface area (Å²) in [4.78, 5) is 7.06. The Morgan fingerprint density at radius 3 is 2.89 bits per heavy atom. The van der Waals surface area contributed by atoms with E-state index in [-0.39, 0.29) is 6.04 Å². The van der Waals surface area contributed by atoms with Crippen LogP contribution in [0.5, 0.6) is 0 Å². The number of nitrogens with zero attached hydrogens (tertiary/aromatic N) is 3. The number of benzene rings is 1. The Hall–Kier alpha value is -1.10. The molecule has 1 aliphatic rings. The van der Waals surface area contributed by atoms with Crippen molar-refractivity contribution in [3.63, 3.8) is 0 Å². The Morgan fingerprint density at radius 1 is 1.42 bits per heavy atom. The van der Waals surface area contributed by atoms with E-state index in [2.05, 4.69) is 28.4 Å². The summed E-state index contributed by atoms with van der Waals surface area (Å²) in [6, 6.07) is 6.12. The second-order valence-corrected chi connectivity index (χ2v) is 5.99. The third kappa shape index (κ3) is 2.36. The predicted molar refractivity (Wildman–Crippen MR) is 78.1 cm³/mol. The van der Waals surface area contributed by atoms with Crippen molar-refractivity contribution < 1.29 is 0 Å². The lowest BCUT2D eigenvalue weighted by atomic mass is 10.1. The molecule has 0 saturated carbocycles. The van der Waals surface area contributed by atoms with Gasteiger partial charge in [-0.25, -0.2) is 4.98 Å². The van der Waals surface area contributed by atoms with Gasteiger partial charge < -0.3 is 10.3 Å². The maximum absolute atomic E-state index is 6.07. The van der Waals surface area contributed by atoms with Crippen molar-refractivity contribution in [2.24, 2.45) is 18.7 Å². The van der Waals surface area contributed by atoms with Gasteiger partial charge in [-0.05, 0) is 24.1 Å². The quantitative estimate of drug-likeness (QED) is 0.914. The van der Waals surface area contributed by atoms with E-state index in [1.807, 2.05) is 18.2 Å². The van der Waals surface area contributed by atoms with Crippen molar-refractivity contribution >= 4 is 22.6 Å². The smallest absolute Gasteiger partial charge is 0.123 e. The molecule has 0 bridgehead atoms. The molecule has 1 aliphatic heterocycles. The summed E-state index contributed by atoms with van der Waals surface area (Å²) in [5, 5.41) is 0.731. The lowest BCUT2D eigenvalue weighted by Crippen LogP contribution is -2.28. The van der Waals surface area contributed by atoms with E-state index in [0.717, 1.165) is 41.5 Å². The number of aryl methyl sites for hydroxylation is 1. The van der Waals surface area contributed by atoms with Crippen LogP contribution in [0, 0.1) is 5.92 Å². The van der Waals surface area contributed by atoms with Crippen molar-refractivity contribution in [3.8, 4) is 0 Å². The van der Waals surface area contributed by atoms with E-state index in [1.54, 1.807) is 0 Å². The second-order valence-electron chi connectivity index (χ2n) is 5.56. The highest BCUT2D eigenvalue weighted by Crippen LogP contribution is 2.22. The molecule has 1 aromatic heterocycles. The number of aromatic nitrogens is 2. The Morgan fingerprint density at radius 2 is 2.21 bits per heavy atom. The largest absolute Gasteiger partial charge is 0.330 e. The predicted octanol–water partition coefficient (Wildman–Crippen LogP) is 2.01. The number of nitrogens with two attached hydrogens (primary N) is 1. The molecule has 0 spiro atoms. The molecule has 1 aromatic carbocycles. The van der Waals surface area contributed by atoms with Gasteiger partial charge in [0.2, 0.25) is 0 Å². The molecular weight excluding hydrogens is 260 g/mol. The zero-order valence-corrected chi connectivity index (χ0v) is 12.1. The summed E-state index contributed by atoms with van der Waals surface area (Å²) in [7, 11) is 2.05. The average Bonchev–Trinajstić information content (AvgIpc) is 2.81. The van der Waals surface area contributed by atoms with Gasteiger partial charge in [0.1, 0.15) is 5.82 Å². The molecule has 2 aromatic rings. The van der Waals surface area contributed by atoms with Crippen LogP contribution in [0.15, 0.2) is 18.2 Å². The van der Waals surface area contributed by atoms with Gasteiger partial charge >= 0.3 is 0 Å². The van der Waals surface area contributed by atoms with Gasteiger partial charge in [-0.3, -0.25) is 4.90 Å². The minimum absolute atomic E-state index is 0.282. The number of hydrogen-bond donors (Lipinski definition) is 1. The van der Waals surface area contributed by atoms with Crippen LogP contribution in [0.4, 0.5) is 0 Å². The Balaban J connectivity index is 1.87. The van der Waals surface area contributed by atoms with Crippen molar-refractivity contribution in [1.82, 2.24) is 14.5 Å². The molecule has 4 nitrogen and oxygen atoms in total. The van der Waals surface area contributed by atoms with E-state index in [1.165, 1.54) is 0 Å². The van der Waals surface area contributed by atoms with Crippen LogP contribution in [0.25, 0.3) is 11.0 Å². The van der Waals surface area contributed by atoms with Crippen molar-refractivity contribution in [1.29, 1.82) is 0 Å². The van der Waals surface area contributed by atoms with E-state index in [9.17, 15) is 0 Å². The minimum atomic E-state index is 0.282. The first-order chi connectivity index (χ1) is 9.04. The molecule has 2 unspecified atom stereocenters. The molecule has 0 amide bonds. The summed E-state index contributed by atoms with van der Waals surface area (Å²) in [5.41, 5.74) is 8.15. The second kappa shape index (κ2) is 4.78. The zero-order chi connectivity index (χ0) is 13.6. The number of imidazole rings is 1. The fourth-order valence-corrected chi connectivity index (χ4v) is 2.95. The molecule has 19 heavy (non-hydrogen) atoms. The molecule has 3 rings (SSSR count). The number of hydrogen-bond acceptors (Lipinski definition) is 3. The first-order valence-electron chi connectivity index (χ1n) is 6.63. The van der Waals surface area contributed by atoms with Crippen LogP contribution in [0.3, 0.4) is 0 Å². The summed E-state index contributed by atoms with van der Waals surface area (Å²) < 4.78 is 2.14. The van der Waals surface area contributed by atoms with Crippen LogP contribution in [0.1, 0.15) is 12.7 Å². The Bertz CT molecular complexity index is 597. The normalized spacial score (nSPS) is 24.4. The molecule has 1 saturated heterocycles.